The number of aryl methyl sites for hydroxylation is 1. The highest BCUT2D eigenvalue weighted by Crippen LogP contribution is 2.17. The maximum atomic E-state index is 12.8. The number of halogens is 1. The molecule has 0 saturated carbocycles. The van der Waals surface area contributed by atoms with Gasteiger partial charge in [-0.3, -0.25) is 0 Å². The van der Waals surface area contributed by atoms with Crippen LogP contribution in [-0.2, 0) is 6.42 Å². The van der Waals surface area contributed by atoms with E-state index in [4.69, 9.17) is 0 Å². The minimum Gasteiger partial charge on any atom is -0.207 e. The SMILES string of the molecule is CCCC[C@H](C)CC.CCc1ccc2cc(F)ccc2c1. The third-order valence-electron chi connectivity index (χ3n) is 4.02. The summed E-state index contributed by atoms with van der Waals surface area (Å²) < 4.78 is 12.8. The Labute approximate surface area is 129 Å². The third-order valence-corrected chi connectivity index (χ3v) is 4.02. The number of unbranched alkanes of at least 4 members (excludes halogenated alkanes) is 1. The van der Waals surface area contributed by atoms with Gasteiger partial charge in [-0.05, 0) is 40.8 Å². The highest BCUT2D eigenvalue weighted by atomic mass is 19.1. The Kier molecular flexibility index (Phi) is 8.04. The summed E-state index contributed by atoms with van der Waals surface area (Å²) in [5.41, 5.74) is 1.29. The summed E-state index contributed by atoms with van der Waals surface area (Å²) in [7, 11) is 0. The molecule has 0 bridgehead atoms. The molecule has 0 fully saturated rings. The Bertz CT molecular complexity index is 530. The molecule has 0 amide bonds. The Morgan fingerprint density at radius 3 is 2.24 bits per heavy atom. The zero-order valence-electron chi connectivity index (χ0n) is 14.0. The van der Waals surface area contributed by atoms with Gasteiger partial charge in [-0.15, -0.1) is 0 Å². The van der Waals surface area contributed by atoms with E-state index in [0.29, 0.717) is 0 Å². The average Bonchev–Trinajstić information content (AvgIpc) is 2.52. The molecule has 0 radical (unpaired) electrons. The molecule has 0 heterocycles. The molecular weight excluding hydrogens is 259 g/mol. The average molecular weight is 288 g/mol. The molecule has 2 rings (SSSR count). The molecular formula is C20H29F. The quantitative estimate of drug-likeness (QED) is 0.570. The molecule has 1 heteroatoms. The smallest absolute Gasteiger partial charge is 0.123 e. The summed E-state index contributed by atoms with van der Waals surface area (Å²) in [6.45, 7) is 8.96. The van der Waals surface area contributed by atoms with E-state index in [1.165, 1.54) is 37.3 Å². The van der Waals surface area contributed by atoms with E-state index in [2.05, 4.69) is 33.8 Å². The van der Waals surface area contributed by atoms with Gasteiger partial charge >= 0.3 is 0 Å². The predicted molar refractivity (Wildman–Crippen MR) is 92.3 cm³/mol. The van der Waals surface area contributed by atoms with E-state index in [9.17, 15) is 4.39 Å². The van der Waals surface area contributed by atoms with Crippen LogP contribution in [0.1, 0.15) is 58.9 Å². The van der Waals surface area contributed by atoms with Crippen molar-refractivity contribution in [1.29, 1.82) is 0 Å². The van der Waals surface area contributed by atoms with E-state index in [0.717, 1.165) is 23.1 Å². The first kappa shape index (κ1) is 17.7. The van der Waals surface area contributed by atoms with Crippen LogP contribution in [0, 0.1) is 11.7 Å². The van der Waals surface area contributed by atoms with E-state index < -0.39 is 0 Å². The summed E-state index contributed by atoms with van der Waals surface area (Å²) in [6.07, 6.45) is 6.56. The second-order valence-corrected chi connectivity index (χ2v) is 5.84. The van der Waals surface area contributed by atoms with E-state index >= 15 is 0 Å². The molecule has 0 aromatic heterocycles. The van der Waals surface area contributed by atoms with Crippen molar-refractivity contribution in [3.63, 3.8) is 0 Å². The Morgan fingerprint density at radius 1 is 0.952 bits per heavy atom. The zero-order chi connectivity index (χ0) is 15.7. The van der Waals surface area contributed by atoms with Crippen LogP contribution in [0.25, 0.3) is 10.8 Å². The predicted octanol–water partition coefficient (Wildman–Crippen LogP) is 6.76. The number of hydrogen-bond acceptors (Lipinski definition) is 0. The Balaban J connectivity index is 0.000000240. The summed E-state index contributed by atoms with van der Waals surface area (Å²) in [5.74, 6) is 0.784. The molecule has 0 aliphatic carbocycles. The van der Waals surface area contributed by atoms with Crippen molar-refractivity contribution in [3.8, 4) is 0 Å². The molecule has 0 saturated heterocycles. The number of fused-ring (bicyclic) bond motifs is 1. The molecule has 0 N–H and O–H groups in total. The summed E-state index contributed by atoms with van der Waals surface area (Å²) >= 11 is 0. The summed E-state index contributed by atoms with van der Waals surface area (Å²) in [4.78, 5) is 0. The van der Waals surface area contributed by atoms with Crippen LogP contribution >= 0.6 is 0 Å². The first-order valence-electron chi connectivity index (χ1n) is 8.28. The lowest BCUT2D eigenvalue weighted by molar-refractivity contribution is 0.492. The molecule has 2 aromatic rings. The van der Waals surface area contributed by atoms with Crippen molar-refractivity contribution in [2.75, 3.05) is 0 Å². The van der Waals surface area contributed by atoms with Crippen molar-refractivity contribution >= 4 is 10.8 Å². The summed E-state index contributed by atoms with van der Waals surface area (Å²) in [5, 5.41) is 2.08. The lowest BCUT2D eigenvalue weighted by Gasteiger charge is -2.04. The summed E-state index contributed by atoms with van der Waals surface area (Å²) in [6, 6.07) is 11.0. The van der Waals surface area contributed by atoms with E-state index in [1.807, 2.05) is 18.2 Å². The second-order valence-electron chi connectivity index (χ2n) is 5.84. The molecule has 0 unspecified atom stereocenters. The highest BCUT2D eigenvalue weighted by Gasteiger charge is 1.96. The number of rotatable bonds is 5. The maximum Gasteiger partial charge on any atom is 0.123 e. The minimum atomic E-state index is -0.170. The van der Waals surface area contributed by atoms with Gasteiger partial charge in [0.1, 0.15) is 5.82 Å². The van der Waals surface area contributed by atoms with Gasteiger partial charge in [0.2, 0.25) is 0 Å². The molecule has 116 valence electrons. The van der Waals surface area contributed by atoms with Gasteiger partial charge in [0.15, 0.2) is 0 Å². The molecule has 0 spiro atoms. The monoisotopic (exact) mass is 288 g/mol. The van der Waals surface area contributed by atoms with Gasteiger partial charge < -0.3 is 0 Å². The van der Waals surface area contributed by atoms with Crippen LogP contribution in [0.5, 0.6) is 0 Å². The molecule has 1 atom stereocenters. The van der Waals surface area contributed by atoms with Crippen molar-refractivity contribution in [3.05, 3.63) is 47.8 Å². The van der Waals surface area contributed by atoms with E-state index in [-0.39, 0.29) is 5.82 Å². The first-order chi connectivity index (χ1) is 10.1. The maximum absolute atomic E-state index is 12.8. The van der Waals surface area contributed by atoms with Crippen LogP contribution in [0.15, 0.2) is 36.4 Å². The van der Waals surface area contributed by atoms with Crippen LogP contribution < -0.4 is 0 Å². The molecule has 0 nitrogen and oxygen atoms in total. The molecule has 0 aliphatic rings. The van der Waals surface area contributed by atoms with Crippen LogP contribution in [-0.4, -0.2) is 0 Å². The molecule has 21 heavy (non-hydrogen) atoms. The van der Waals surface area contributed by atoms with E-state index in [1.54, 1.807) is 6.07 Å². The third kappa shape index (κ3) is 6.29. The normalized spacial score (nSPS) is 11.9. The lowest BCUT2D eigenvalue weighted by Crippen LogP contribution is -1.89. The highest BCUT2D eigenvalue weighted by molar-refractivity contribution is 5.83. The number of hydrogen-bond donors (Lipinski definition) is 0. The van der Waals surface area contributed by atoms with Gasteiger partial charge in [-0.1, -0.05) is 77.6 Å². The number of benzene rings is 2. The zero-order valence-corrected chi connectivity index (χ0v) is 14.0. The van der Waals surface area contributed by atoms with Gasteiger partial charge in [-0.25, -0.2) is 4.39 Å². The fourth-order valence-electron chi connectivity index (χ4n) is 2.24. The minimum absolute atomic E-state index is 0.170. The lowest BCUT2D eigenvalue weighted by atomic mass is 10.0. The van der Waals surface area contributed by atoms with Crippen LogP contribution in [0.2, 0.25) is 0 Å². The second kappa shape index (κ2) is 9.55. The van der Waals surface area contributed by atoms with Crippen molar-refractivity contribution in [2.24, 2.45) is 5.92 Å². The van der Waals surface area contributed by atoms with Gasteiger partial charge in [-0.2, -0.15) is 0 Å². The Morgan fingerprint density at radius 2 is 1.62 bits per heavy atom. The van der Waals surface area contributed by atoms with Crippen molar-refractivity contribution < 1.29 is 4.39 Å². The topological polar surface area (TPSA) is 0 Å². The fourth-order valence-corrected chi connectivity index (χ4v) is 2.24. The van der Waals surface area contributed by atoms with Crippen LogP contribution in [0.4, 0.5) is 4.39 Å². The standard InChI is InChI=1S/C12H11F.C8H18/c1-2-9-3-4-11-8-12(13)6-5-10(11)7-9;1-4-6-7-8(3)5-2/h3-8H,2H2,1H3;8H,4-7H2,1-3H3/t;8-/m.1/s1. The first-order valence-corrected chi connectivity index (χ1v) is 8.28. The van der Waals surface area contributed by atoms with Gasteiger partial charge in [0.25, 0.3) is 0 Å². The Hall–Kier alpha value is -1.37. The van der Waals surface area contributed by atoms with Crippen LogP contribution in [0.3, 0.4) is 0 Å². The molecule has 2 aromatic carbocycles. The fraction of sp³-hybridized carbons (Fsp3) is 0.500. The molecule has 0 aliphatic heterocycles. The van der Waals surface area contributed by atoms with Crippen molar-refractivity contribution in [2.45, 2.75) is 59.8 Å². The van der Waals surface area contributed by atoms with Crippen molar-refractivity contribution in [1.82, 2.24) is 0 Å². The largest absolute Gasteiger partial charge is 0.207 e. The van der Waals surface area contributed by atoms with Gasteiger partial charge in [0, 0.05) is 0 Å². The van der Waals surface area contributed by atoms with Gasteiger partial charge in [0.05, 0.1) is 0 Å².